The first-order valence-corrected chi connectivity index (χ1v) is 8.15. The zero-order chi connectivity index (χ0) is 17.0. The molecule has 0 aromatic rings. The van der Waals surface area contributed by atoms with Crippen LogP contribution in [0.5, 0.6) is 0 Å². The maximum Gasteiger partial charge on any atom is 0.392 e. The highest BCUT2D eigenvalue weighted by Crippen LogP contribution is 2.42. The number of hydrogen-bond donors (Lipinski definition) is 1. The number of amides is 2. The van der Waals surface area contributed by atoms with Crippen molar-refractivity contribution in [2.24, 2.45) is 17.6 Å². The van der Waals surface area contributed by atoms with Crippen LogP contribution >= 0.6 is 0 Å². The summed E-state index contributed by atoms with van der Waals surface area (Å²) in [5.74, 6) is -3.29. The molecule has 0 aromatic heterocycles. The number of rotatable bonds is 3. The number of hydrogen-bond acceptors (Lipinski definition) is 3. The minimum absolute atomic E-state index is 0.0432. The first-order valence-electron chi connectivity index (χ1n) is 8.15. The van der Waals surface area contributed by atoms with Gasteiger partial charge < -0.3 is 10.6 Å². The second kappa shape index (κ2) is 7.51. The van der Waals surface area contributed by atoms with Crippen LogP contribution in [0.15, 0.2) is 0 Å². The lowest BCUT2D eigenvalue weighted by atomic mass is 9.78. The summed E-state index contributed by atoms with van der Waals surface area (Å²) in [5, 5.41) is 0. The van der Waals surface area contributed by atoms with Crippen molar-refractivity contribution in [1.82, 2.24) is 9.80 Å². The second-order valence-electron chi connectivity index (χ2n) is 6.46. The topological polar surface area (TPSA) is 66.6 Å². The lowest BCUT2D eigenvalue weighted by Crippen LogP contribution is -2.46. The fraction of sp³-hybridized carbons (Fsp3) is 0.867. The van der Waals surface area contributed by atoms with Crippen molar-refractivity contribution in [2.45, 2.75) is 38.3 Å². The Bertz CT molecular complexity index is 442. The number of halogens is 3. The highest BCUT2D eigenvalue weighted by Gasteiger charge is 2.48. The standard InChI is InChI=1S/C15H24F3N3O2/c16-15(17,18)12-5-2-1-4-11(12)14(23)21-7-3-6-20(8-9-21)10-13(19)22/h11-12H,1-10H2,(H2,19,22). The Hall–Kier alpha value is -1.31. The summed E-state index contributed by atoms with van der Waals surface area (Å²) in [4.78, 5) is 27.0. The predicted molar refractivity (Wildman–Crippen MR) is 78.3 cm³/mol. The number of alkyl halides is 3. The minimum Gasteiger partial charge on any atom is -0.369 e. The van der Waals surface area contributed by atoms with Gasteiger partial charge in [0, 0.05) is 32.1 Å². The summed E-state index contributed by atoms with van der Waals surface area (Å²) in [6.45, 7) is 2.01. The van der Waals surface area contributed by atoms with Crippen LogP contribution in [0.2, 0.25) is 0 Å². The van der Waals surface area contributed by atoms with Gasteiger partial charge in [0.25, 0.3) is 0 Å². The van der Waals surface area contributed by atoms with E-state index in [1.165, 1.54) is 4.90 Å². The molecule has 2 fully saturated rings. The van der Waals surface area contributed by atoms with E-state index in [-0.39, 0.29) is 18.9 Å². The summed E-state index contributed by atoms with van der Waals surface area (Å²) in [6, 6.07) is 0. The zero-order valence-corrected chi connectivity index (χ0v) is 13.1. The molecule has 2 N–H and O–H groups in total. The van der Waals surface area contributed by atoms with Gasteiger partial charge in [-0.05, 0) is 19.3 Å². The molecule has 2 unspecified atom stereocenters. The van der Waals surface area contributed by atoms with E-state index in [4.69, 9.17) is 5.73 Å². The summed E-state index contributed by atoms with van der Waals surface area (Å²) >= 11 is 0. The third-order valence-corrected chi connectivity index (χ3v) is 4.78. The molecule has 0 spiro atoms. The summed E-state index contributed by atoms with van der Waals surface area (Å²) in [7, 11) is 0. The Kier molecular flexibility index (Phi) is 5.89. The number of carbonyl (C=O) groups excluding carboxylic acids is 2. The van der Waals surface area contributed by atoms with Gasteiger partial charge in [0.2, 0.25) is 11.8 Å². The normalized spacial score (nSPS) is 27.5. The molecule has 8 heteroatoms. The van der Waals surface area contributed by atoms with Crippen LogP contribution in [0.3, 0.4) is 0 Å². The SMILES string of the molecule is NC(=O)CN1CCCN(C(=O)C2CCCCC2C(F)(F)F)CC1. The predicted octanol–water partition coefficient (Wildman–Crippen LogP) is 1.37. The van der Waals surface area contributed by atoms with Crippen molar-refractivity contribution in [3.63, 3.8) is 0 Å². The molecule has 0 aromatic carbocycles. The molecule has 0 bridgehead atoms. The Balaban J connectivity index is 1.99. The van der Waals surface area contributed by atoms with Gasteiger partial charge in [-0.1, -0.05) is 12.8 Å². The lowest BCUT2D eigenvalue weighted by molar-refractivity contribution is -0.200. The molecular formula is C15H24F3N3O2. The molecule has 1 saturated carbocycles. The number of nitrogens with zero attached hydrogens (tertiary/aromatic N) is 2. The van der Waals surface area contributed by atoms with E-state index in [1.54, 1.807) is 0 Å². The van der Waals surface area contributed by atoms with E-state index in [2.05, 4.69) is 0 Å². The lowest BCUT2D eigenvalue weighted by Gasteiger charge is -2.35. The van der Waals surface area contributed by atoms with Gasteiger partial charge in [-0.2, -0.15) is 13.2 Å². The van der Waals surface area contributed by atoms with Crippen LogP contribution in [-0.4, -0.2) is 60.5 Å². The molecule has 1 aliphatic carbocycles. The quantitative estimate of drug-likeness (QED) is 0.847. The Morgan fingerprint density at radius 2 is 1.70 bits per heavy atom. The smallest absolute Gasteiger partial charge is 0.369 e. The van der Waals surface area contributed by atoms with Gasteiger partial charge in [-0.25, -0.2) is 0 Å². The van der Waals surface area contributed by atoms with Gasteiger partial charge in [0.15, 0.2) is 0 Å². The van der Waals surface area contributed by atoms with Crippen LogP contribution in [-0.2, 0) is 9.59 Å². The number of nitrogens with two attached hydrogens (primary N) is 1. The summed E-state index contributed by atoms with van der Waals surface area (Å²) in [6.07, 6.45) is -2.12. The van der Waals surface area contributed by atoms with Crippen LogP contribution in [0, 0.1) is 11.8 Å². The molecule has 1 heterocycles. The van der Waals surface area contributed by atoms with Gasteiger partial charge in [-0.15, -0.1) is 0 Å². The largest absolute Gasteiger partial charge is 0.392 e. The van der Waals surface area contributed by atoms with Crippen LogP contribution in [0.25, 0.3) is 0 Å². The number of primary amides is 1. The van der Waals surface area contributed by atoms with E-state index >= 15 is 0 Å². The van der Waals surface area contributed by atoms with E-state index in [9.17, 15) is 22.8 Å². The first kappa shape index (κ1) is 18.0. The fourth-order valence-electron chi connectivity index (χ4n) is 3.62. The molecule has 2 atom stereocenters. The van der Waals surface area contributed by atoms with Crippen molar-refractivity contribution in [3.05, 3.63) is 0 Å². The zero-order valence-electron chi connectivity index (χ0n) is 13.1. The molecule has 2 rings (SSSR count). The molecule has 1 saturated heterocycles. The maximum atomic E-state index is 13.2. The minimum atomic E-state index is -4.31. The Morgan fingerprint density at radius 3 is 2.35 bits per heavy atom. The van der Waals surface area contributed by atoms with Crippen molar-refractivity contribution in [1.29, 1.82) is 0 Å². The summed E-state index contributed by atoms with van der Waals surface area (Å²) < 4.78 is 39.5. The Labute approximate surface area is 134 Å². The third-order valence-electron chi connectivity index (χ3n) is 4.78. The van der Waals surface area contributed by atoms with Crippen LogP contribution in [0.1, 0.15) is 32.1 Å². The molecule has 1 aliphatic heterocycles. The van der Waals surface area contributed by atoms with Crippen molar-refractivity contribution >= 4 is 11.8 Å². The van der Waals surface area contributed by atoms with E-state index in [1.807, 2.05) is 4.90 Å². The monoisotopic (exact) mass is 335 g/mol. The van der Waals surface area contributed by atoms with Crippen molar-refractivity contribution < 1.29 is 22.8 Å². The molecule has 2 amide bonds. The summed E-state index contributed by atoms with van der Waals surface area (Å²) in [5.41, 5.74) is 5.17. The van der Waals surface area contributed by atoms with Crippen LogP contribution < -0.4 is 5.73 Å². The highest BCUT2D eigenvalue weighted by molar-refractivity contribution is 5.79. The van der Waals surface area contributed by atoms with Gasteiger partial charge in [0.1, 0.15) is 0 Å². The molecule has 0 radical (unpaired) electrons. The molecule has 23 heavy (non-hydrogen) atoms. The fourth-order valence-corrected chi connectivity index (χ4v) is 3.62. The van der Waals surface area contributed by atoms with Crippen molar-refractivity contribution in [2.75, 3.05) is 32.7 Å². The highest BCUT2D eigenvalue weighted by atomic mass is 19.4. The maximum absolute atomic E-state index is 13.2. The first-order chi connectivity index (χ1) is 10.8. The number of carbonyl (C=O) groups is 2. The van der Waals surface area contributed by atoms with E-state index in [0.29, 0.717) is 51.9 Å². The molecule has 5 nitrogen and oxygen atoms in total. The van der Waals surface area contributed by atoms with Crippen LogP contribution in [0.4, 0.5) is 13.2 Å². The van der Waals surface area contributed by atoms with Gasteiger partial charge in [0.05, 0.1) is 12.5 Å². The average molecular weight is 335 g/mol. The van der Waals surface area contributed by atoms with Crippen molar-refractivity contribution in [3.8, 4) is 0 Å². The second-order valence-corrected chi connectivity index (χ2v) is 6.46. The molecule has 132 valence electrons. The van der Waals surface area contributed by atoms with E-state index < -0.39 is 23.9 Å². The Morgan fingerprint density at radius 1 is 1.00 bits per heavy atom. The van der Waals surface area contributed by atoms with E-state index in [0.717, 1.165) is 0 Å². The van der Waals surface area contributed by atoms with Gasteiger partial charge >= 0.3 is 6.18 Å². The molecule has 2 aliphatic rings. The third kappa shape index (κ3) is 4.83. The van der Waals surface area contributed by atoms with Gasteiger partial charge in [-0.3, -0.25) is 14.5 Å². The molecular weight excluding hydrogens is 311 g/mol. The average Bonchev–Trinajstić information content (AvgIpc) is 2.70.